The molecule has 1 aliphatic rings. The Labute approximate surface area is 249 Å². The number of Topliss-reactive ketones (excluding diaryl/α,β-unsaturated/α-hetero) is 1. The molecule has 1 fully saturated rings. The van der Waals surface area contributed by atoms with Crippen molar-refractivity contribution in [2.75, 3.05) is 33.5 Å². The molecule has 1 aliphatic carbocycles. The number of ketones is 1. The molecule has 0 heterocycles. The lowest BCUT2D eigenvalue weighted by Gasteiger charge is -2.46. The zero-order chi connectivity index (χ0) is 30.7. The Morgan fingerprint density at radius 1 is 0.976 bits per heavy atom. The van der Waals surface area contributed by atoms with Crippen LogP contribution in [0.1, 0.15) is 87.8 Å². The third-order valence-electron chi connectivity index (χ3n) is 7.71. The lowest BCUT2D eigenvalue weighted by Crippen LogP contribution is -2.67. The number of rotatable bonds is 16. The molecule has 1 saturated carbocycles. The van der Waals surface area contributed by atoms with Gasteiger partial charge in [-0.05, 0) is 77.1 Å². The lowest BCUT2D eigenvalue weighted by atomic mass is 9.74. The van der Waals surface area contributed by atoms with E-state index in [1.54, 1.807) is 18.9 Å². The highest BCUT2D eigenvalue weighted by molar-refractivity contribution is 6.00. The second kappa shape index (κ2) is 15.6. The summed E-state index contributed by atoms with van der Waals surface area (Å²) in [6, 6.07) is 13.1. The van der Waals surface area contributed by atoms with E-state index in [0.717, 1.165) is 24.8 Å². The normalized spacial score (nSPS) is 18.4. The van der Waals surface area contributed by atoms with Gasteiger partial charge in [-0.25, -0.2) is 9.59 Å². The Balaban J connectivity index is 1.92. The molecule has 0 saturated heterocycles. The number of benzene rings is 2. The van der Waals surface area contributed by atoms with Crippen molar-refractivity contribution in [3.63, 3.8) is 0 Å². The maximum atomic E-state index is 14.0. The summed E-state index contributed by atoms with van der Waals surface area (Å²) in [6.45, 7) is 10.3. The van der Waals surface area contributed by atoms with Gasteiger partial charge >= 0.3 is 12.0 Å². The van der Waals surface area contributed by atoms with Crippen molar-refractivity contribution >= 4 is 17.8 Å². The van der Waals surface area contributed by atoms with Crippen molar-refractivity contribution in [1.82, 2.24) is 10.2 Å². The summed E-state index contributed by atoms with van der Waals surface area (Å²) in [5.41, 5.74) is 1.25. The third-order valence-corrected chi connectivity index (χ3v) is 7.71. The summed E-state index contributed by atoms with van der Waals surface area (Å²) in [6.07, 6.45) is 3.09. The highest BCUT2D eigenvalue weighted by atomic mass is 16.5. The quantitative estimate of drug-likeness (QED) is 0.149. The van der Waals surface area contributed by atoms with Crippen LogP contribution in [0.2, 0.25) is 0 Å². The Hall–Kier alpha value is -3.59. The molecule has 0 spiro atoms. The van der Waals surface area contributed by atoms with Crippen LogP contribution in [0.4, 0.5) is 4.79 Å². The maximum absolute atomic E-state index is 14.0. The van der Waals surface area contributed by atoms with Gasteiger partial charge in [-0.2, -0.15) is 0 Å². The molecule has 9 heteroatoms. The van der Waals surface area contributed by atoms with Crippen molar-refractivity contribution in [3.05, 3.63) is 59.2 Å². The van der Waals surface area contributed by atoms with Crippen LogP contribution in [0, 0.1) is 0 Å². The first-order chi connectivity index (χ1) is 20.2. The van der Waals surface area contributed by atoms with Crippen molar-refractivity contribution in [1.29, 1.82) is 0 Å². The number of nitrogens with one attached hydrogen (secondary N) is 1. The molecule has 2 aromatic carbocycles. The van der Waals surface area contributed by atoms with Crippen LogP contribution in [-0.2, 0) is 20.7 Å². The van der Waals surface area contributed by atoms with Gasteiger partial charge in [0.25, 0.3) is 0 Å². The van der Waals surface area contributed by atoms with E-state index >= 15 is 0 Å². The van der Waals surface area contributed by atoms with Crippen LogP contribution in [0.25, 0.3) is 0 Å². The molecule has 2 aromatic rings. The van der Waals surface area contributed by atoms with E-state index in [0.29, 0.717) is 49.7 Å². The van der Waals surface area contributed by atoms with Gasteiger partial charge < -0.3 is 29.2 Å². The molecular weight excluding hydrogens is 536 g/mol. The smallest absolute Gasteiger partial charge is 0.332 e. The van der Waals surface area contributed by atoms with Gasteiger partial charge in [-0.1, -0.05) is 30.3 Å². The van der Waals surface area contributed by atoms with Gasteiger partial charge in [0.05, 0.1) is 32.0 Å². The molecule has 0 aliphatic heterocycles. The van der Waals surface area contributed by atoms with Crippen molar-refractivity contribution in [2.45, 2.75) is 84.4 Å². The zero-order valence-electron chi connectivity index (χ0n) is 25.9. The molecule has 0 radical (unpaired) electrons. The molecule has 1 unspecified atom stereocenters. The highest BCUT2D eigenvalue weighted by Crippen LogP contribution is 2.38. The fourth-order valence-corrected chi connectivity index (χ4v) is 5.39. The number of aryl methyl sites for hydroxylation is 1. The maximum Gasteiger partial charge on any atom is 0.332 e. The summed E-state index contributed by atoms with van der Waals surface area (Å²) in [7, 11) is 1.60. The molecule has 0 bridgehead atoms. The fourth-order valence-electron chi connectivity index (χ4n) is 5.39. The van der Waals surface area contributed by atoms with Crippen molar-refractivity contribution in [3.8, 4) is 11.5 Å². The average Bonchev–Trinajstić information content (AvgIpc) is 2.95. The number of ether oxygens (including phenoxy) is 4. The van der Waals surface area contributed by atoms with Crippen LogP contribution in [0.5, 0.6) is 11.5 Å². The van der Waals surface area contributed by atoms with E-state index in [4.69, 9.17) is 18.9 Å². The van der Waals surface area contributed by atoms with Crippen molar-refractivity contribution in [2.24, 2.45) is 0 Å². The minimum Gasteiger partial charge on any atom is -0.493 e. The van der Waals surface area contributed by atoms with Crippen LogP contribution in [-0.4, -0.2) is 67.8 Å². The van der Waals surface area contributed by atoms with Crippen molar-refractivity contribution < 1.29 is 33.3 Å². The number of hydrogen-bond donors (Lipinski definition) is 1. The summed E-state index contributed by atoms with van der Waals surface area (Å²) in [5, 5.41) is 3.01. The second-order valence-electron chi connectivity index (χ2n) is 10.6. The molecule has 0 aromatic heterocycles. The lowest BCUT2D eigenvalue weighted by molar-refractivity contribution is -0.161. The van der Waals surface area contributed by atoms with E-state index in [1.807, 2.05) is 51.1 Å². The number of amides is 2. The second-order valence-corrected chi connectivity index (χ2v) is 10.6. The van der Waals surface area contributed by atoms with E-state index in [-0.39, 0.29) is 24.5 Å². The van der Waals surface area contributed by atoms with E-state index in [1.165, 1.54) is 12.5 Å². The first-order valence-electron chi connectivity index (χ1n) is 15.0. The Morgan fingerprint density at radius 3 is 2.12 bits per heavy atom. The van der Waals surface area contributed by atoms with Crippen LogP contribution in [0.3, 0.4) is 0 Å². The molecule has 1 N–H and O–H groups in total. The number of nitrogens with zero attached hydrogens (tertiary/aromatic N) is 1. The zero-order valence-corrected chi connectivity index (χ0v) is 25.9. The number of esters is 1. The number of hydrogen-bond acceptors (Lipinski definition) is 7. The molecule has 42 heavy (non-hydrogen) atoms. The Morgan fingerprint density at radius 2 is 1.60 bits per heavy atom. The highest BCUT2D eigenvalue weighted by Gasteiger charge is 2.53. The Kier molecular flexibility index (Phi) is 12.2. The van der Waals surface area contributed by atoms with Crippen LogP contribution >= 0.6 is 0 Å². The fraction of sp³-hybridized carbons (Fsp3) is 0.545. The van der Waals surface area contributed by atoms with E-state index in [2.05, 4.69) is 17.4 Å². The number of unbranched alkanes of at least 4 members (excludes halogenated alkanes) is 1. The predicted molar refractivity (Wildman–Crippen MR) is 161 cm³/mol. The summed E-state index contributed by atoms with van der Waals surface area (Å²) in [4.78, 5) is 41.2. The van der Waals surface area contributed by atoms with E-state index < -0.39 is 17.6 Å². The van der Waals surface area contributed by atoms with Gasteiger partial charge in [0.1, 0.15) is 22.6 Å². The first kappa shape index (κ1) is 32.9. The third kappa shape index (κ3) is 8.03. The van der Waals surface area contributed by atoms with Gasteiger partial charge in [0.2, 0.25) is 0 Å². The molecule has 1 atom stereocenters. The molecule has 3 rings (SSSR count). The first-order valence-corrected chi connectivity index (χ1v) is 15.0. The predicted octanol–water partition coefficient (Wildman–Crippen LogP) is 5.89. The molecule has 230 valence electrons. The topological polar surface area (TPSA) is 103 Å². The average molecular weight is 583 g/mol. The van der Waals surface area contributed by atoms with Crippen LogP contribution in [0.15, 0.2) is 42.5 Å². The van der Waals surface area contributed by atoms with Gasteiger partial charge in [-0.15, -0.1) is 0 Å². The number of carbonyl (C=O) groups is 3. The number of urea groups is 1. The summed E-state index contributed by atoms with van der Waals surface area (Å²) < 4.78 is 22.5. The minimum absolute atomic E-state index is 0.131. The minimum atomic E-state index is -1.14. The number of carbonyl (C=O) groups excluding carboxylic acids is 3. The SMILES string of the molecule is CCOC(=O)C1(NC(=O)N(CCCCc2ccccc2)C(C)c2cc(OCC)c(C(C)=O)c(OCC)c2)CC(OC)C1. The standard InChI is InChI=1S/C33H46N2O7/c1-7-40-28-19-26(20-29(41-8-2)30(28)24(5)36)23(4)35(18-14-13-17-25-15-11-10-12-16-25)32(38)34-33(31(37)42-9-3)21-27(22-33)39-6/h10-12,15-16,19-20,23,27H,7-9,13-14,17-18,21-22H2,1-6H3,(H,34,38). The monoisotopic (exact) mass is 582 g/mol. The molecule has 2 amide bonds. The Bertz CT molecular complexity index is 1170. The van der Waals surface area contributed by atoms with Gasteiger partial charge in [-0.3, -0.25) is 4.79 Å². The molecule has 9 nitrogen and oxygen atoms in total. The van der Waals surface area contributed by atoms with E-state index in [9.17, 15) is 14.4 Å². The van der Waals surface area contributed by atoms with Crippen LogP contribution < -0.4 is 14.8 Å². The summed E-state index contributed by atoms with van der Waals surface area (Å²) >= 11 is 0. The largest absolute Gasteiger partial charge is 0.493 e. The van der Waals surface area contributed by atoms with Gasteiger partial charge in [0, 0.05) is 26.5 Å². The molecular formula is C33H46N2O7. The van der Waals surface area contributed by atoms with Gasteiger partial charge in [0.15, 0.2) is 5.78 Å². The summed E-state index contributed by atoms with van der Waals surface area (Å²) in [5.74, 6) is 0.233. The number of methoxy groups -OCH3 is 1.